The molecule has 0 fully saturated rings. The van der Waals surface area contributed by atoms with Gasteiger partial charge in [0.1, 0.15) is 5.52 Å². The Kier molecular flexibility index (Phi) is 3.10. The van der Waals surface area contributed by atoms with E-state index in [0.29, 0.717) is 6.61 Å². The fourth-order valence-electron chi connectivity index (χ4n) is 1.92. The van der Waals surface area contributed by atoms with Gasteiger partial charge >= 0.3 is 0 Å². The normalized spacial score (nSPS) is 13.1. The minimum absolute atomic E-state index is 0.0354. The molecule has 0 aromatic carbocycles. The first-order chi connectivity index (χ1) is 7.74. The summed E-state index contributed by atoms with van der Waals surface area (Å²) in [5, 5.41) is 0.980. The zero-order valence-corrected chi connectivity index (χ0v) is 9.56. The SMILES string of the molecule is COCCC(C)n1ccc2cc[nH]c(=O)c21. The minimum atomic E-state index is -0.0354. The third-order valence-corrected chi connectivity index (χ3v) is 2.85. The number of pyridine rings is 1. The molecule has 2 rings (SSSR count). The summed E-state index contributed by atoms with van der Waals surface area (Å²) >= 11 is 0. The highest BCUT2D eigenvalue weighted by molar-refractivity contribution is 5.78. The molecule has 0 saturated carbocycles. The quantitative estimate of drug-likeness (QED) is 0.855. The maximum atomic E-state index is 11.7. The van der Waals surface area contributed by atoms with Gasteiger partial charge in [-0.05, 0) is 25.5 Å². The molecule has 0 spiro atoms. The van der Waals surface area contributed by atoms with Crippen molar-refractivity contribution >= 4 is 10.9 Å². The Bertz CT molecular complexity index is 527. The van der Waals surface area contributed by atoms with Crippen molar-refractivity contribution in [2.24, 2.45) is 0 Å². The van der Waals surface area contributed by atoms with Crippen LogP contribution in [-0.4, -0.2) is 23.3 Å². The van der Waals surface area contributed by atoms with E-state index >= 15 is 0 Å². The molecule has 0 amide bonds. The lowest BCUT2D eigenvalue weighted by Crippen LogP contribution is -2.13. The van der Waals surface area contributed by atoms with Crippen LogP contribution in [0.4, 0.5) is 0 Å². The average molecular weight is 220 g/mol. The molecule has 0 radical (unpaired) electrons. The van der Waals surface area contributed by atoms with Crippen LogP contribution in [0.25, 0.3) is 10.9 Å². The fraction of sp³-hybridized carbons (Fsp3) is 0.417. The van der Waals surface area contributed by atoms with Crippen LogP contribution in [0.15, 0.2) is 29.3 Å². The molecular weight excluding hydrogens is 204 g/mol. The van der Waals surface area contributed by atoms with Crippen LogP contribution in [0, 0.1) is 0 Å². The molecule has 4 nitrogen and oxygen atoms in total. The Labute approximate surface area is 93.9 Å². The van der Waals surface area contributed by atoms with Crippen LogP contribution in [0.3, 0.4) is 0 Å². The zero-order valence-electron chi connectivity index (χ0n) is 9.56. The number of methoxy groups -OCH3 is 1. The monoisotopic (exact) mass is 220 g/mol. The van der Waals surface area contributed by atoms with Crippen LogP contribution < -0.4 is 5.56 Å². The highest BCUT2D eigenvalue weighted by Crippen LogP contribution is 2.18. The molecule has 1 N–H and O–H groups in total. The molecule has 86 valence electrons. The maximum absolute atomic E-state index is 11.7. The van der Waals surface area contributed by atoms with E-state index in [-0.39, 0.29) is 11.6 Å². The van der Waals surface area contributed by atoms with Gasteiger partial charge in [0.2, 0.25) is 0 Å². The Morgan fingerprint density at radius 3 is 3.06 bits per heavy atom. The van der Waals surface area contributed by atoms with Gasteiger partial charge in [0.25, 0.3) is 5.56 Å². The van der Waals surface area contributed by atoms with Crippen molar-refractivity contribution in [3.8, 4) is 0 Å². The van der Waals surface area contributed by atoms with Crippen molar-refractivity contribution in [3.63, 3.8) is 0 Å². The van der Waals surface area contributed by atoms with E-state index in [1.54, 1.807) is 13.3 Å². The van der Waals surface area contributed by atoms with E-state index in [0.717, 1.165) is 17.3 Å². The molecule has 4 heteroatoms. The molecule has 1 unspecified atom stereocenters. The van der Waals surface area contributed by atoms with Gasteiger partial charge < -0.3 is 14.3 Å². The summed E-state index contributed by atoms with van der Waals surface area (Å²) in [5.41, 5.74) is 0.706. The second-order valence-corrected chi connectivity index (χ2v) is 3.96. The maximum Gasteiger partial charge on any atom is 0.272 e. The second-order valence-electron chi connectivity index (χ2n) is 3.96. The van der Waals surface area contributed by atoms with E-state index < -0.39 is 0 Å². The summed E-state index contributed by atoms with van der Waals surface area (Å²) in [7, 11) is 1.69. The molecule has 0 saturated heterocycles. The largest absolute Gasteiger partial charge is 0.385 e. The van der Waals surface area contributed by atoms with Crippen LogP contribution in [0.2, 0.25) is 0 Å². The van der Waals surface area contributed by atoms with Gasteiger partial charge in [-0.2, -0.15) is 0 Å². The molecule has 1 atom stereocenters. The third kappa shape index (κ3) is 1.88. The molecule has 0 aliphatic rings. The molecular formula is C12H16N2O2. The molecule has 2 aromatic heterocycles. The topological polar surface area (TPSA) is 47.0 Å². The van der Waals surface area contributed by atoms with Crippen molar-refractivity contribution in [2.45, 2.75) is 19.4 Å². The van der Waals surface area contributed by atoms with Crippen LogP contribution in [0.5, 0.6) is 0 Å². The van der Waals surface area contributed by atoms with Gasteiger partial charge in [0.15, 0.2) is 0 Å². The molecule has 0 aliphatic heterocycles. The summed E-state index contributed by atoms with van der Waals surface area (Å²) in [6.45, 7) is 2.79. The zero-order chi connectivity index (χ0) is 11.5. The van der Waals surface area contributed by atoms with Gasteiger partial charge in [-0.25, -0.2) is 0 Å². The lowest BCUT2D eigenvalue weighted by atomic mass is 10.2. The Morgan fingerprint density at radius 1 is 1.50 bits per heavy atom. The number of H-pyrrole nitrogens is 1. The first-order valence-electron chi connectivity index (χ1n) is 5.41. The van der Waals surface area contributed by atoms with Gasteiger partial charge in [-0.15, -0.1) is 0 Å². The van der Waals surface area contributed by atoms with Crippen molar-refractivity contribution in [3.05, 3.63) is 34.9 Å². The van der Waals surface area contributed by atoms with E-state index in [9.17, 15) is 4.79 Å². The molecule has 2 heterocycles. The predicted molar refractivity (Wildman–Crippen MR) is 63.8 cm³/mol. The predicted octanol–water partition coefficient (Wildman–Crippen LogP) is 1.93. The van der Waals surface area contributed by atoms with E-state index in [4.69, 9.17) is 4.74 Å². The third-order valence-electron chi connectivity index (χ3n) is 2.85. The summed E-state index contributed by atoms with van der Waals surface area (Å²) in [6, 6.07) is 4.14. The molecule has 16 heavy (non-hydrogen) atoms. The first kappa shape index (κ1) is 11.0. The summed E-state index contributed by atoms with van der Waals surface area (Å²) in [4.78, 5) is 14.4. The average Bonchev–Trinajstić information content (AvgIpc) is 2.71. The minimum Gasteiger partial charge on any atom is -0.385 e. The lowest BCUT2D eigenvalue weighted by molar-refractivity contribution is 0.181. The number of rotatable bonds is 4. The van der Waals surface area contributed by atoms with Crippen LogP contribution >= 0.6 is 0 Å². The van der Waals surface area contributed by atoms with Crippen molar-refractivity contribution in [1.82, 2.24) is 9.55 Å². The number of nitrogens with one attached hydrogen (secondary N) is 1. The number of nitrogens with zero attached hydrogens (tertiary/aromatic N) is 1. The van der Waals surface area contributed by atoms with Gasteiger partial charge in [-0.3, -0.25) is 4.79 Å². The highest BCUT2D eigenvalue weighted by Gasteiger charge is 2.10. The smallest absolute Gasteiger partial charge is 0.272 e. The van der Waals surface area contributed by atoms with Gasteiger partial charge in [-0.1, -0.05) is 0 Å². The Hall–Kier alpha value is -1.55. The molecule has 2 aromatic rings. The van der Waals surface area contributed by atoms with Crippen LogP contribution in [-0.2, 0) is 4.74 Å². The van der Waals surface area contributed by atoms with Gasteiger partial charge in [0, 0.05) is 37.5 Å². The second kappa shape index (κ2) is 4.53. The number of aromatic nitrogens is 2. The number of aromatic amines is 1. The number of ether oxygens (including phenoxy) is 1. The van der Waals surface area contributed by atoms with Crippen molar-refractivity contribution in [1.29, 1.82) is 0 Å². The lowest BCUT2D eigenvalue weighted by Gasteiger charge is -2.13. The van der Waals surface area contributed by atoms with E-state index in [2.05, 4.69) is 11.9 Å². The Morgan fingerprint density at radius 2 is 2.31 bits per heavy atom. The standard InChI is InChI=1S/C12H16N2O2/c1-9(5-8-16-2)14-7-4-10-3-6-13-12(15)11(10)14/h3-4,6-7,9H,5,8H2,1-2H3,(H,13,15). The summed E-state index contributed by atoms with van der Waals surface area (Å²) in [6.07, 6.45) is 4.53. The summed E-state index contributed by atoms with van der Waals surface area (Å²) in [5.74, 6) is 0. The van der Waals surface area contributed by atoms with Crippen LogP contribution in [0.1, 0.15) is 19.4 Å². The highest BCUT2D eigenvalue weighted by atomic mass is 16.5. The van der Waals surface area contributed by atoms with Crippen molar-refractivity contribution < 1.29 is 4.74 Å². The number of hydrogen-bond donors (Lipinski definition) is 1. The Balaban J connectivity index is 2.41. The fourth-order valence-corrected chi connectivity index (χ4v) is 1.92. The van der Waals surface area contributed by atoms with E-state index in [1.165, 1.54) is 0 Å². The molecule has 0 aliphatic carbocycles. The number of hydrogen-bond acceptors (Lipinski definition) is 2. The molecule has 0 bridgehead atoms. The van der Waals surface area contributed by atoms with Gasteiger partial charge in [0.05, 0.1) is 0 Å². The van der Waals surface area contributed by atoms with Crippen molar-refractivity contribution in [2.75, 3.05) is 13.7 Å². The number of fused-ring (bicyclic) bond motifs is 1. The van der Waals surface area contributed by atoms with E-state index in [1.807, 2.05) is 22.9 Å². The first-order valence-corrected chi connectivity index (χ1v) is 5.41. The summed E-state index contributed by atoms with van der Waals surface area (Å²) < 4.78 is 7.06.